The van der Waals surface area contributed by atoms with E-state index in [1.807, 2.05) is 20.8 Å². The van der Waals surface area contributed by atoms with Crippen LogP contribution in [0.4, 0.5) is 0 Å². The Morgan fingerprint density at radius 1 is 0.955 bits per heavy atom. The molecule has 0 aromatic heterocycles. The molecule has 8 nitrogen and oxygen atoms in total. The molecular formula is C14H25N3O5. The van der Waals surface area contributed by atoms with E-state index >= 15 is 0 Å². The predicted molar refractivity (Wildman–Crippen MR) is 79.9 cm³/mol. The molecule has 0 radical (unpaired) electrons. The summed E-state index contributed by atoms with van der Waals surface area (Å²) in [6.07, 6.45) is 1.33. The van der Waals surface area contributed by atoms with E-state index in [9.17, 15) is 19.2 Å². The van der Waals surface area contributed by atoms with E-state index in [1.54, 1.807) is 0 Å². The molecule has 0 aromatic rings. The standard InChI is InChI=1S/C14H25N3O5/c1-4-5-11(18)15-7-12(19)16-8-13(20)17-10(14(21)22)6-9(2)3/h9-10H,4-8H2,1-3H3,(H,15,18)(H,16,19)(H,17,20)(H,21,22)/t10-/m0/s1. The van der Waals surface area contributed by atoms with Gasteiger partial charge < -0.3 is 21.1 Å². The molecule has 22 heavy (non-hydrogen) atoms. The summed E-state index contributed by atoms with van der Waals surface area (Å²) < 4.78 is 0. The van der Waals surface area contributed by atoms with Crippen LogP contribution >= 0.6 is 0 Å². The Kier molecular flexibility index (Phi) is 9.56. The quantitative estimate of drug-likeness (QED) is 0.438. The van der Waals surface area contributed by atoms with Crippen LogP contribution in [-0.4, -0.2) is 47.9 Å². The molecule has 0 saturated heterocycles. The van der Waals surface area contributed by atoms with E-state index in [0.717, 1.165) is 0 Å². The number of aliphatic carboxylic acids is 1. The van der Waals surface area contributed by atoms with Crippen LogP contribution in [-0.2, 0) is 19.2 Å². The number of hydrogen-bond donors (Lipinski definition) is 4. The topological polar surface area (TPSA) is 125 Å². The Hall–Kier alpha value is -2.12. The van der Waals surface area contributed by atoms with Crippen molar-refractivity contribution in [1.82, 2.24) is 16.0 Å². The van der Waals surface area contributed by atoms with Crippen molar-refractivity contribution in [2.24, 2.45) is 5.92 Å². The minimum atomic E-state index is -1.11. The van der Waals surface area contributed by atoms with Crippen molar-refractivity contribution in [3.63, 3.8) is 0 Å². The molecule has 0 rings (SSSR count). The van der Waals surface area contributed by atoms with Gasteiger partial charge in [-0.2, -0.15) is 0 Å². The third-order valence-corrected chi connectivity index (χ3v) is 2.71. The highest BCUT2D eigenvalue weighted by molar-refractivity contribution is 5.89. The van der Waals surface area contributed by atoms with Gasteiger partial charge >= 0.3 is 5.97 Å². The molecule has 126 valence electrons. The van der Waals surface area contributed by atoms with Gasteiger partial charge in [-0.3, -0.25) is 14.4 Å². The second-order valence-electron chi connectivity index (χ2n) is 5.39. The van der Waals surface area contributed by atoms with E-state index in [0.29, 0.717) is 19.3 Å². The smallest absolute Gasteiger partial charge is 0.326 e. The van der Waals surface area contributed by atoms with Crippen LogP contribution in [0.25, 0.3) is 0 Å². The summed E-state index contributed by atoms with van der Waals surface area (Å²) in [5.74, 6) is -2.31. The maximum absolute atomic E-state index is 11.6. The molecule has 0 aromatic carbocycles. The van der Waals surface area contributed by atoms with Gasteiger partial charge in [-0.15, -0.1) is 0 Å². The molecule has 0 unspecified atom stereocenters. The number of amides is 3. The lowest BCUT2D eigenvalue weighted by atomic mass is 10.0. The predicted octanol–water partition coefficient (Wildman–Crippen LogP) is -0.366. The molecule has 0 saturated carbocycles. The van der Waals surface area contributed by atoms with Gasteiger partial charge in [-0.05, 0) is 18.8 Å². The number of carbonyl (C=O) groups is 4. The first-order valence-corrected chi connectivity index (χ1v) is 7.31. The summed E-state index contributed by atoms with van der Waals surface area (Å²) in [6, 6.07) is -0.978. The second kappa shape index (κ2) is 10.6. The van der Waals surface area contributed by atoms with Crippen LogP contribution in [0.1, 0.15) is 40.0 Å². The van der Waals surface area contributed by atoms with Crippen LogP contribution in [0.2, 0.25) is 0 Å². The summed E-state index contributed by atoms with van der Waals surface area (Å²) in [7, 11) is 0. The number of hydrogen-bond acceptors (Lipinski definition) is 4. The average molecular weight is 315 g/mol. The van der Waals surface area contributed by atoms with E-state index < -0.39 is 23.8 Å². The molecule has 0 fully saturated rings. The molecule has 4 N–H and O–H groups in total. The van der Waals surface area contributed by atoms with Crippen molar-refractivity contribution >= 4 is 23.7 Å². The number of carbonyl (C=O) groups excluding carboxylic acids is 3. The normalized spacial score (nSPS) is 11.6. The summed E-state index contributed by atoms with van der Waals surface area (Å²) >= 11 is 0. The van der Waals surface area contributed by atoms with Gasteiger partial charge in [0.25, 0.3) is 0 Å². The fourth-order valence-electron chi connectivity index (χ4n) is 1.67. The van der Waals surface area contributed by atoms with Crippen molar-refractivity contribution in [2.45, 2.75) is 46.1 Å². The lowest BCUT2D eigenvalue weighted by Gasteiger charge is -2.16. The highest BCUT2D eigenvalue weighted by Gasteiger charge is 2.21. The summed E-state index contributed by atoms with van der Waals surface area (Å²) in [5, 5.41) is 16.1. The van der Waals surface area contributed by atoms with E-state index in [2.05, 4.69) is 16.0 Å². The Labute approximate surface area is 130 Å². The Balaban J connectivity index is 4.08. The first-order chi connectivity index (χ1) is 10.3. The Morgan fingerprint density at radius 3 is 2.00 bits per heavy atom. The minimum absolute atomic E-state index is 0.116. The second-order valence-corrected chi connectivity index (χ2v) is 5.39. The number of carboxylic acids is 1. The van der Waals surface area contributed by atoms with Crippen LogP contribution in [0.15, 0.2) is 0 Å². The van der Waals surface area contributed by atoms with Crippen molar-refractivity contribution in [3.05, 3.63) is 0 Å². The zero-order valence-electron chi connectivity index (χ0n) is 13.3. The Morgan fingerprint density at radius 2 is 1.50 bits per heavy atom. The first kappa shape index (κ1) is 19.9. The van der Waals surface area contributed by atoms with Crippen LogP contribution in [0.3, 0.4) is 0 Å². The van der Waals surface area contributed by atoms with E-state index in [-0.39, 0.29) is 24.9 Å². The van der Waals surface area contributed by atoms with Gasteiger partial charge in [-0.1, -0.05) is 20.8 Å². The zero-order valence-corrected chi connectivity index (χ0v) is 13.3. The fourth-order valence-corrected chi connectivity index (χ4v) is 1.67. The molecular weight excluding hydrogens is 290 g/mol. The van der Waals surface area contributed by atoms with Gasteiger partial charge in [0.15, 0.2) is 0 Å². The van der Waals surface area contributed by atoms with Gasteiger partial charge in [0.1, 0.15) is 6.04 Å². The zero-order chi connectivity index (χ0) is 17.1. The van der Waals surface area contributed by atoms with E-state index in [1.165, 1.54) is 0 Å². The molecule has 8 heteroatoms. The molecule has 3 amide bonds. The largest absolute Gasteiger partial charge is 0.480 e. The maximum Gasteiger partial charge on any atom is 0.326 e. The van der Waals surface area contributed by atoms with E-state index in [4.69, 9.17) is 5.11 Å². The molecule has 0 heterocycles. The van der Waals surface area contributed by atoms with Crippen molar-refractivity contribution in [1.29, 1.82) is 0 Å². The van der Waals surface area contributed by atoms with Crippen molar-refractivity contribution < 1.29 is 24.3 Å². The molecule has 0 bridgehead atoms. The lowest BCUT2D eigenvalue weighted by molar-refractivity contribution is -0.142. The highest BCUT2D eigenvalue weighted by Crippen LogP contribution is 2.04. The third kappa shape index (κ3) is 9.73. The van der Waals surface area contributed by atoms with Crippen molar-refractivity contribution in [2.75, 3.05) is 13.1 Å². The van der Waals surface area contributed by atoms with Crippen molar-refractivity contribution in [3.8, 4) is 0 Å². The third-order valence-electron chi connectivity index (χ3n) is 2.71. The molecule has 0 spiro atoms. The fraction of sp³-hybridized carbons (Fsp3) is 0.714. The Bertz CT molecular complexity index is 409. The maximum atomic E-state index is 11.6. The van der Waals surface area contributed by atoms with Crippen LogP contribution < -0.4 is 16.0 Å². The summed E-state index contributed by atoms with van der Waals surface area (Å²) in [4.78, 5) is 45.2. The average Bonchev–Trinajstić information content (AvgIpc) is 2.42. The first-order valence-electron chi connectivity index (χ1n) is 7.31. The monoisotopic (exact) mass is 315 g/mol. The molecule has 0 aliphatic rings. The van der Waals surface area contributed by atoms with Gasteiger partial charge in [-0.25, -0.2) is 4.79 Å². The number of carboxylic acid groups (broad SMARTS) is 1. The summed E-state index contributed by atoms with van der Waals surface area (Å²) in [6.45, 7) is 5.01. The van der Waals surface area contributed by atoms with Gasteiger partial charge in [0.05, 0.1) is 13.1 Å². The lowest BCUT2D eigenvalue weighted by Crippen LogP contribution is -2.47. The number of rotatable bonds is 10. The molecule has 0 aliphatic heterocycles. The van der Waals surface area contributed by atoms with Crippen LogP contribution in [0.5, 0.6) is 0 Å². The van der Waals surface area contributed by atoms with Crippen LogP contribution in [0, 0.1) is 5.92 Å². The van der Waals surface area contributed by atoms with Gasteiger partial charge in [0.2, 0.25) is 17.7 Å². The van der Waals surface area contributed by atoms with Gasteiger partial charge in [0, 0.05) is 6.42 Å². The molecule has 0 aliphatic carbocycles. The highest BCUT2D eigenvalue weighted by atomic mass is 16.4. The SMILES string of the molecule is CCCC(=O)NCC(=O)NCC(=O)N[C@@H](CC(C)C)C(=O)O. The summed E-state index contributed by atoms with van der Waals surface area (Å²) in [5.41, 5.74) is 0. The minimum Gasteiger partial charge on any atom is -0.480 e. The molecule has 1 atom stereocenters. The number of nitrogens with one attached hydrogen (secondary N) is 3.